The molecule has 1 N–H and O–H groups in total. The van der Waals surface area contributed by atoms with Crippen molar-refractivity contribution < 1.29 is 14.3 Å². The van der Waals surface area contributed by atoms with Crippen LogP contribution in [0.25, 0.3) is 0 Å². The highest BCUT2D eigenvalue weighted by molar-refractivity contribution is 6.41. The van der Waals surface area contributed by atoms with Crippen molar-refractivity contribution in [1.29, 1.82) is 0 Å². The number of hydrogen-bond acceptors (Lipinski definition) is 5. The second-order valence-electron chi connectivity index (χ2n) is 3.35. The van der Waals surface area contributed by atoms with E-state index in [0.29, 0.717) is 0 Å². The number of para-hydroxylation sites is 1. The molecule has 0 amide bonds. The maximum Gasteiger partial charge on any atom is 0.381 e. The lowest BCUT2D eigenvalue weighted by Crippen LogP contribution is -2.22. The largest absolute Gasteiger partial charge is 0.463 e. The molecule has 1 aromatic carbocycles. The number of ether oxygens (including phenoxy) is 1. The minimum atomic E-state index is -0.918. The van der Waals surface area contributed by atoms with Crippen LogP contribution in [-0.4, -0.2) is 25.1 Å². The van der Waals surface area contributed by atoms with Crippen molar-refractivity contribution in [2.75, 3.05) is 12.4 Å². The number of nitrogens with zero attached hydrogens (tertiary/aromatic N) is 1. The number of nitrogens with one attached hydrogen (secondary N) is 1. The van der Waals surface area contributed by atoms with Crippen LogP contribution < -0.4 is 5.32 Å². The molecule has 0 bridgehead atoms. The number of ketones is 1. The summed E-state index contributed by atoms with van der Waals surface area (Å²) in [6, 6.07) is 7.33. The first-order chi connectivity index (χ1) is 8.22. The zero-order chi connectivity index (χ0) is 12.3. The van der Waals surface area contributed by atoms with E-state index in [-0.39, 0.29) is 5.70 Å². The van der Waals surface area contributed by atoms with Gasteiger partial charge in [-0.25, -0.2) is 4.79 Å². The second kappa shape index (κ2) is 4.61. The van der Waals surface area contributed by atoms with Crippen LogP contribution in [0.3, 0.4) is 0 Å². The number of Topliss-reactive ketones (excluding diaryl/α,β-unsaturated/α-hetero) is 1. The molecule has 5 heteroatoms. The van der Waals surface area contributed by atoms with Crippen molar-refractivity contribution in [1.82, 2.24) is 0 Å². The number of methoxy groups -OCH3 is 1. The molecule has 86 valence electrons. The number of anilines is 1. The fourth-order valence-electron chi connectivity index (χ4n) is 1.41. The predicted octanol–water partition coefficient (Wildman–Crippen LogP) is 1.11. The van der Waals surface area contributed by atoms with E-state index in [2.05, 4.69) is 15.0 Å². The average Bonchev–Trinajstić information content (AvgIpc) is 2.58. The molecule has 17 heavy (non-hydrogen) atoms. The Balaban J connectivity index is 2.31. The molecule has 0 fully saturated rings. The van der Waals surface area contributed by atoms with Crippen molar-refractivity contribution in [3.63, 3.8) is 0 Å². The molecule has 0 spiro atoms. The summed E-state index contributed by atoms with van der Waals surface area (Å²) >= 11 is 0. The van der Waals surface area contributed by atoms with Crippen LogP contribution >= 0.6 is 0 Å². The van der Waals surface area contributed by atoms with E-state index in [9.17, 15) is 9.59 Å². The number of carbonyl (C=O) groups excluding carboxylic acids is 2. The Morgan fingerprint density at radius 1 is 1.29 bits per heavy atom. The number of benzene rings is 1. The lowest BCUT2D eigenvalue weighted by Gasteiger charge is -2.08. The highest BCUT2D eigenvalue weighted by atomic mass is 16.5. The maximum absolute atomic E-state index is 11.6. The molecule has 0 saturated carbocycles. The summed E-state index contributed by atoms with van der Waals surface area (Å²) in [5, 5.41) is 2.86. The van der Waals surface area contributed by atoms with E-state index in [1.54, 1.807) is 12.3 Å². The monoisotopic (exact) mass is 230 g/mol. The number of carbonyl (C=O) groups is 2. The maximum atomic E-state index is 11.6. The van der Waals surface area contributed by atoms with Gasteiger partial charge in [0.1, 0.15) is 5.70 Å². The molecule has 0 saturated heterocycles. The Bertz CT molecular complexity index is 532. The van der Waals surface area contributed by atoms with Crippen LogP contribution in [0.1, 0.15) is 5.56 Å². The first-order valence-electron chi connectivity index (χ1n) is 4.94. The molecule has 1 heterocycles. The minimum absolute atomic E-state index is 0.0954. The SMILES string of the molecule is COC(=O)C(=O)C1=CN=Cc2ccccc2N1. The predicted molar refractivity (Wildman–Crippen MR) is 62.8 cm³/mol. The first kappa shape index (κ1) is 11.1. The first-order valence-corrected chi connectivity index (χ1v) is 4.94. The van der Waals surface area contributed by atoms with Crippen LogP contribution in [0, 0.1) is 0 Å². The zero-order valence-corrected chi connectivity index (χ0v) is 9.14. The summed E-state index contributed by atoms with van der Waals surface area (Å²) in [6.07, 6.45) is 2.92. The Labute approximate surface area is 97.8 Å². The Morgan fingerprint density at radius 2 is 2.06 bits per heavy atom. The van der Waals surface area contributed by atoms with Gasteiger partial charge in [-0.3, -0.25) is 9.79 Å². The van der Waals surface area contributed by atoms with Crippen molar-refractivity contribution >= 4 is 23.7 Å². The van der Waals surface area contributed by atoms with E-state index in [1.165, 1.54) is 6.20 Å². The highest BCUT2D eigenvalue weighted by Crippen LogP contribution is 2.18. The summed E-state index contributed by atoms with van der Waals surface area (Å²) in [6.45, 7) is 0. The fraction of sp³-hybridized carbons (Fsp3) is 0.0833. The lowest BCUT2D eigenvalue weighted by molar-refractivity contribution is -0.149. The van der Waals surface area contributed by atoms with Gasteiger partial charge in [-0.15, -0.1) is 0 Å². The number of esters is 1. The normalized spacial score (nSPS) is 12.9. The van der Waals surface area contributed by atoms with Gasteiger partial charge in [-0.2, -0.15) is 0 Å². The fourth-order valence-corrected chi connectivity index (χ4v) is 1.41. The summed E-state index contributed by atoms with van der Waals surface area (Å²) in [4.78, 5) is 26.7. The number of hydrogen-bond donors (Lipinski definition) is 1. The number of rotatable bonds is 2. The third-order valence-corrected chi connectivity index (χ3v) is 2.26. The zero-order valence-electron chi connectivity index (χ0n) is 9.14. The molecule has 0 atom stereocenters. The summed E-state index contributed by atoms with van der Waals surface area (Å²) in [5.74, 6) is -1.67. The molecular formula is C12H10N2O3. The van der Waals surface area contributed by atoms with Gasteiger partial charge in [0, 0.05) is 17.5 Å². The van der Waals surface area contributed by atoms with Gasteiger partial charge in [-0.05, 0) is 6.07 Å². The summed E-state index contributed by atoms with van der Waals surface area (Å²) in [5.41, 5.74) is 1.66. The molecule has 0 radical (unpaired) electrons. The van der Waals surface area contributed by atoms with Crippen LogP contribution in [0.4, 0.5) is 5.69 Å². The third-order valence-electron chi connectivity index (χ3n) is 2.26. The average molecular weight is 230 g/mol. The molecule has 1 aliphatic heterocycles. The van der Waals surface area contributed by atoms with E-state index >= 15 is 0 Å². The van der Waals surface area contributed by atoms with Crippen molar-refractivity contribution in [3.05, 3.63) is 41.7 Å². The quantitative estimate of drug-likeness (QED) is 0.610. The molecule has 0 unspecified atom stereocenters. The second-order valence-corrected chi connectivity index (χ2v) is 3.35. The standard InChI is InChI=1S/C12H10N2O3/c1-17-12(16)11(15)10-7-13-6-8-4-2-3-5-9(8)14-10/h2-7,14H,1H3. The Morgan fingerprint density at radius 3 is 2.82 bits per heavy atom. The van der Waals surface area contributed by atoms with Crippen LogP contribution in [-0.2, 0) is 14.3 Å². The van der Waals surface area contributed by atoms with Gasteiger partial charge in [0.05, 0.1) is 13.3 Å². The molecular weight excluding hydrogens is 220 g/mol. The smallest absolute Gasteiger partial charge is 0.381 e. The van der Waals surface area contributed by atoms with E-state index in [0.717, 1.165) is 18.4 Å². The highest BCUT2D eigenvalue weighted by Gasteiger charge is 2.21. The van der Waals surface area contributed by atoms with Gasteiger partial charge in [0.15, 0.2) is 0 Å². The molecule has 5 nitrogen and oxygen atoms in total. The molecule has 0 aromatic heterocycles. The van der Waals surface area contributed by atoms with Gasteiger partial charge in [-0.1, -0.05) is 18.2 Å². The third kappa shape index (κ3) is 2.23. The molecule has 1 aromatic rings. The van der Waals surface area contributed by atoms with Crippen LogP contribution in [0.5, 0.6) is 0 Å². The van der Waals surface area contributed by atoms with E-state index in [4.69, 9.17) is 0 Å². The van der Waals surface area contributed by atoms with Crippen molar-refractivity contribution in [2.45, 2.75) is 0 Å². The van der Waals surface area contributed by atoms with E-state index < -0.39 is 11.8 Å². The van der Waals surface area contributed by atoms with Gasteiger partial charge < -0.3 is 10.1 Å². The number of fused-ring (bicyclic) bond motifs is 1. The topological polar surface area (TPSA) is 67.8 Å². The van der Waals surface area contributed by atoms with Gasteiger partial charge in [0.25, 0.3) is 5.78 Å². The van der Waals surface area contributed by atoms with Gasteiger partial charge in [0.2, 0.25) is 0 Å². The van der Waals surface area contributed by atoms with Crippen molar-refractivity contribution in [2.24, 2.45) is 4.99 Å². The lowest BCUT2D eigenvalue weighted by atomic mass is 10.2. The minimum Gasteiger partial charge on any atom is -0.463 e. The van der Waals surface area contributed by atoms with Gasteiger partial charge >= 0.3 is 5.97 Å². The number of aliphatic imine (C=N–C) groups is 1. The van der Waals surface area contributed by atoms with Crippen LogP contribution in [0.15, 0.2) is 41.2 Å². The molecule has 2 rings (SSSR count). The Hall–Kier alpha value is -2.43. The van der Waals surface area contributed by atoms with Crippen LogP contribution in [0.2, 0.25) is 0 Å². The van der Waals surface area contributed by atoms with E-state index in [1.807, 2.05) is 18.2 Å². The molecule has 1 aliphatic rings. The molecule has 0 aliphatic carbocycles. The summed E-state index contributed by atoms with van der Waals surface area (Å²) in [7, 11) is 1.16. The van der Waals surface area contributed by atoms with Crippen molar-refractivity contribution in [3.8, 4) is 0 Å². The summed E-state index contributed by atoms with van der Waals surface area (Å²) < 4.78 is 4.37. The Kier molecular flexibility index (Phi) is 3.00.